The Balaban J connectivity index is 1.28. The minimum atomic E-state index is -0.920. The van der Waals surface area contributed by atoms with Crippen molar-refractivity contribution in [2.24, 2.45) is 0 Å². The number of fused-ring (bicyclic) bond motifs is 1. The lowest BCUT2D eigenvalue weighted by molar-refractivity contribution is 0.0699. The number of aromatic nitrogens is 2. The summed E-state index contributed by atoms with van der Waals surface area (Å²) in [5.41, 5.74) is 6.24. The van der Waals surface area contributed by atoms with Crippen LogP contribution < -0.4 is 10.1 Å². The number of hydrogen-bond donors (Lipinski definition) is 2. The standard InChI is InChI=1S/C33H31Cl2N3O3/c1-20(2)28-18-37-38(32-29(34)9-6-10-30(32)35)31(28)19-41-24-13-11-22(21(3)15-24)16-36-17-23-12-14-27(33(39)40)26-8-5-4-7-25(23)26/h4-15,18,20,36H,16-17,19H2,1-3H3,(H,39,40). The molecule has 0 saturated heterocycles. The lowest BCUT2D eigenvalue weighted by Gasteiger charge is -2.16. The van der Waals surface area contributed by atoms with Crippen LogP contribution in [-0.4, -0.2) is 20.9 Å². The molecule has 0 radical (unpaired) electrons. The van der Waals surface area contributed by atoms with Gasteiger partial charge in [0.1, 0.15) is 18.0 Å². The van der Waals surface area contributed by atoms with Crippen LogP contribution in [0.1, 0.15) is 58.1 Å². The first-order valence-electron chi connectivity index (χ1n) is 13.4. The van der Waals surface area contributed by atoms with Crippen molar-refractivity contribution in [1.82, 2.24) is 15.1 Å². The molecule has 8 heteroatoms. The van der Waals surface area contributed by atoms with Gasteiger partial charge in [-0.1, -0.05) is 79.5 Å². The molecule has 1 heterocycles. The summed E-state index contributed by atoms with van der Waals surface area (Å²) in [5.74, 6) is 0.0849. The Bertz CT molecular complexity index is 1710. The molecule has 0 spiro atoms. The van der Waals surface area contributed by atoms with Crippen LogP contribution in [0.2, 0.25) is 10.0 Å². The van der Waals surface area contributed by atoms with E-state index in [4.69, 9.17) is 27.9 Å². The number of aromatic carboxylic acids is 1. The monoisotopic (exact) mass is 587 g/mol. The number of para-hydroxylation sites is 1. The van der Waals surface area contributed by atoms with E-state index in [0.29, 0.717) is 41.0 Å². The lowest BCUT2D eigenvalue weighted by atomic mass is 9.99. The van der Waals surface area contributed by atoms with Crippen LogP contribution in [0.15, 0.2) is 79.0 Å². The quantitative estimate of drug-likeness (QED) is 0.172. The highest BCUT2D eigenvalue weighted by Crippen LogP contribution is 2.32. The van der Waals surface area contributed by atoms with Crippen LogP contribution in [0.25, 0.3) is 16.5 Å². The number of benzene rings is 4. The average molecular weight is 589 g/mol. The molecule has 6 nitrogen and oxygen atoms in total. The summed E-state index contributed by atoms with van der Waals surface area (Å²) in [6, 6.07) is 22.7. The van der Waals surface area contributed by atoms with Crippen molar-refractivity contribution in [2.45, 2.75) is 46.4 Å². The minimum Gasteiger partial charge on any atom is -0.487 e. The molecule has 2 N–H and O–H groups in total. The van der Waals surface area contributed by atoms with Crippen LogP contribution in [0.4, 0.5) is 0 Å². The maximum Gasteiger partial charge on any atom is 0.336 e. The summed E-state index contributed by atoms with van der Waals surface area (Å²) in [4.78, 5) is 11.6. The molecule has 0 fully saturated rings. The zero-order valence-corrected chi connectivity index (χ0v) is 24.6. The Labute approximate surface area is 249 Å². The molecule has 0 aliphatic heterocycles. The fourth-order valence-electron chi connectivity index (χ4n) is 5.04. The molecule has 41 heavy (non-hydrogen) atoms. The molecule has 0 bridgehead atoms. The van der Waals surface area contributed by atoms with Crippen LogP contribution in [0, 0.1) is 6.92 Å². The predicted octanol–water partition coefficient (Wildman–Crippen LogP) is 8.33. The fourth-order valence-corrected chi connectivity index (χ4v) is 5.60. The van der Waals surface area contributed by atoms with E-state index < -0.39 is 5.97 Å². The van der Waals surface area contributed by atoms with Gasteiger partial charge in [-0.15, -0.1) is 0 Å². The van der Waals surface area contributed by atoms with E-state index in [1.54, 1.807) is 22.9 Å². The van der Waals surface area contributed by atoms with Crippen molar-refractivity contribution in [3.8, 4) is 11.4 Å². The number of halogens is 2. The van der Waals surface area contributed by atoms with Gasteiger partial charge in [0.15, 0.2) is 0 Å². The van der Waals surface area contributed by atoms with Crippen molar-refractivity contribution in [1.29, 1.82) is 0 Å². The normalized spacial score (nSPS) is 11.4. The predicted molar refractivity (Wildman–Crippen MR) is 165 cm³/mol. The molecule has 0 atom stereocenters. The maximum atomic E-state index is 11.6. The maximum absolute atomic E-state index is 11.6. The minimum absolute atomic E-state index is 0.247. The molecule has 0 aliphatic carbocycles. The third-order valence-electron chi connectivity index (χ3n) is 7.24. The van der Waals surface area contributed by atoms with Crippen LogP contribution >= 0.6 is 23.2 Å². The summed E-state index contributed by atoms with van der Waals surface area (Å²) in [6.45, 7) is 7.89. The summed E-state index contributed by atoms with van der Waals surface area (Å²) >= 11 is 13.0. The Morgan fingerprint density at radius 1 is 0.951 bits per heavy atom. The number of aryl methyl sites for hydroxylation is 1. The number of nitrogens with zero attached hydrogens (tertiary/aromatic N) is 2. The summed E-state index contributed by atoms with van der Waals surface area (Å²) < 4.78 is 8.03. The van der Waals surface area contributed by atoms with Crippen LogP contribution in [-0.2, 0) is 19.7 Å². The van der Waals surface area contributed by atoms with Gasteiger partial charge in [0, 0.05) is 13.1 Å². The topological polar surface area (TPSA) is 76.4 Å². The number of carboxylic acids is 1. The van der Waals surface area contributed by atoms with E-state index in [1.807, 2.05) is 54.7 Å². The molecule has 210 valence electrons. The second kappa shape index (κ2) is 12.4. The first-order valence-corrected chi connectivity index (χ1v) is 14.2. The third-order valence-corrected chi connectivity index (χ3v) is 7.85. The summed E-state index contributed by atoms with van der Waals surface area (Å²) in [6.07, 6.45) is 1.85. The number of ether oxygens (including phenoxy) is 1. The zero-order chi connectivity index (χ0) is 29.1. The number of rotatable bonds is 10. The van der Waals surface area contributed by atoms with Gasteiger partial charge in [0.25, 0.3) is 0 Å². The molecule has 0 aliphatic rings. The fraction of sp³-hybridized carbons (Fsp3) is 0.212. The number of hydrogen-bond acceptors (Lipinski definition) is 4. The molecule has 0 unspecified atom stereocenters. The van der Waals surface area contributed by atoms with Crippen molar-refractivity contribution in [2.75, 3.05) is 0 Å². The highest BCUT2D eigenvalue weighted by atomic mass is 35.5. The highest BCUT2D eigenvalue weighted by Gasteiger charge is 2.19. The number of nitrogens with one attached hydrogen (secondary N) is 1. The summed E-state index contributed by atoms with van der Waals surface area (Å²) in [5, 5.41) is 20.4. The molecule has 0 amide bonds. The Morgan fingerprint density at radius 3 is 2.32 bits per heavy atom. The van der Waals surface area contributed by atoms with Gasteiger partial charge >= 0.3 is 5.97 Å². The summed E-state index contributed by atoms with van der Waals surface area (Å²) in [7, 11) is 0. The van der Waals surface area contributed by atoms with Gasteiger partial charge in [-0.05, 0) is 76.2 Å². The van der Waals surface area contributed by atoms with E-state index in [-0.39, 0.29) is 5.92 Å². The SMILES string of the molecule is Cc1cc(OCc2c(C(C)C)cnn2-c2c(Cl)cccc2Cl)ccc1CNCc1ccc(C(=O)O)c2ccccc12. The van der Waals surface area contributed by atoms with Gasteiger partial charge in [0.05, 0.1) is 27.5 Å². The molecular formula is C33H31Cl2N3O3. The van der Waals surface area contributed by atoms with Crippen molar-refractivity contribution >= 4 is 39.9 Å². The molecule has 5 rings (SSSR count). The molecule has 1 aromatic heterocycles. The average Bonchev–Trinajstić information content (AvgIpc) is 3.36. The van der Waals surface area contributed by atoms with Gasteiger partial charge in [0.2, 0.25) is 0 Å². The molecule has 4 aromatic carbocycles. The molecule has 5 aromatic rings. The van der Waals surface area contributed by atoms with Crippen molar-refractivity contribution < 1.29 is 14.6 Å². The first-order chi connectivity index (χ1) is 19.7. The Hall–Kier alpha value is -3.84. The molecule has 0 saturated carbocycles. The van der Waals surface area contributed by atoms with E-state index in [2.05, 4.69) is 37.3 Å². The zero-order valence-electron chi connectivity index (χ0n) is 23.1. The van der Waals surface area contributed by atoms with E-state index >= 15 is 0 Å². The Morgan fingerprint density at radius 2 is 1.63 bits per heavy atom. The van der Waals surface area contributed by atoms with Gasteiger partial charge in [-0.2, -0.15) is 5.10 Å². The number of carboxylic acid groups (broad SMARTS) is 1. The largest absolute Gasteiger partial charge is 0.487 e. The second-order valence-electron chi connectivity index (χ2n) is 10.3. The van der Waals surface area contributed by atoms with Crippen molar-refractivity contribution in [3.63, 3.8) is 0 Å². The Kier molecular flexibility index (Phi) is 8.64. The van der Waals surface area contributed by atoms with E-state index in [9.17, 15) is 9.90 Å². The van der Waals surface area contributed by atoms with Gasteiger partial charge in [-0.25, -0.2) is 9.48 Å². The van der Waals surface area contributed by atoms with Crippen LogP contribution in [0.3, 0.4) is 0 Å². The van der Waals surface area contributed by atoms with E-state index in [1.165, 1.54) is 0 Å². The molecular weight excluding hydrogens is 557 g/mol. The van der Waals surface area contributed by atoms with Gasteiger partial charge in [-0.3, -0.25) is 0 Å². The highest BCUT2D eigenvalue weighted by molar-refractivity contribution is 6.37. The first kappa shape index (κ1) is 28.7. The van der Waals surface area contributed by atoms with Crippen molar-refractivity contribution in [3.05, 3.63) is 123 Å². The third kappa shape index (κ3) is 6.10. The smallest absolute Gasteiger partial charge is 0.336 e. The van der Waals surface area contributed by atoms with E-state index in [0.717, 1.165) is 44.5 Å². The van der Waals surface area contributed by atoms with Gasteiger partial charge < -0.3 is 15.2 Å². The number of carbonyl (C=O) groups is 1. The lowest BCUT2D eigenvalue weighted by Crippen LogP contribution is -2.14. The van der Waals surface area contributed by atoms with Crippen LogP contribution in [0.5, 0.6) is 5.75 Å². The second-order valence-corrected chi connectivity index (χ2v) is 11.1.